The molecule has 0 saturated heterocycles. The monoisotopic (exact) mass is 333 g/mol. The lowest BCUT2D eigenvalue weighted by Gasteiger charge is -2.00. The van der Waals surface area contributed by atoms with Gasteiger partial charge in [0.15, 0.2) is 0 Å². The molecule has 0 bridgehead atoms. The highest BCUT2D eigenvalue weighted by Crippen LogP contribution is 2.48. The van der Waals surface area contributed by atoms with Crippen LogP contribution < -0.4 is 5.73 Å². The molecule has 104 valence electrons. The number of nitro groups is 1. The van der Waals surface area contributed by atoms with Crippen LogP contribution in [0, 0.1) is 21.4 Å². The van der Waals surface area contributed by atoms with Gasteiger partial charge in [0.2, 0.25) is 0 Å². The predicted molar refractivity (Wildman–Crippen MR) is 86.7 cm³/mol. The van der Waals surface area contributed by atoms with Crippen LogP contribution in [0.15, 0.2) is 29.6 Å². The number of thiophene rings is 3. The molecule has 0 fully saturated rings. The SMILES string of the molecule is N#Cc1sc(-c2ccc([N+](=O)[O-])s2)c(-c2cccs2)c1N. The van der Waals surface area contributed by atoms with Gasteiger partial charge in [-0.25, -0.2) is 0 Å². The summed E-state index contributed by atoms with van der Waals surface area (Å²) in [6.45, 7) is 0. The van der Waals surface area contributed by atoms with Crippen LogP contribution in [-0.4, -0.2) is 4.92 Å². The van der Waals surface area contributed by atoms with Gasteiger partial charge in [0.05, 0.1) is 20.4 Å². The van der Waals surface area contributed by atoms with Crippen molar-refractivity contribution in [2.24, 2.45) is 0 Å². The molecule has 3 rings (SSSR count). The Labute approximate surface area is 131 Å². The van der Waals surface area contributed by atoms with E-state index < -0.39 is 4.92 Å². The average Bonchev–Trinajstić information content (AvgIpc) is 3.17. The Morgan fingerprint density at radius 3 is 2.62 bits per heavy atom. The first-order chi connectivity index (χ1) is 10.1. The summed E-state index contributed by atoms with van der Waals surface area (Å²) in [7, 11) is 0. The Bertz CT molecular complexity index is 856. The molecular formula is C13H7N3O2S3. The van der Waals surface area contributed by atoms with Crippen LogP contribution in [0.1, 0.15) is 4.88 Å². The second-order valence-electron chi connectivity index (χ2n) is 4.03. The van der Waals surface area contributed by atoms with E-state index in [-0.39, 0.29) is 5.00 Å². The summed E-state index contributed by atoms with van der Waals surface area (Å²) in [5, 5.41) is 22.0. The summed E-state index contributed by atoms with van der Waals surface area (Å²) in [5.41, 5.74) is 7.31. The van der Waals surface area contributed by atoms with Crippen LogP contribution in [0.25, 0.3) is 20.2 Å². The number of nitrogen functional groups attached to an aromatic ring is 1. The minimum atomic E-state index is -0.416. The highest BCUT2D eigenvalue weighted by atomic mass is 32.1. The second kappa shape index (κ2) is 5.29. The topological polar surface area (TPSA) is 92.9 Å². The number of hydrogen-bond acceptors (Lipinski definition) is 7. The molecule has 3 aromatic rings. The lowest BCUT2D eigenvalue weighted by atomic mass is 10.1. The summed E-state index contributed by atoms with van der Waals surface area (Å²) < 4.78 is 0. The molecule has 0 aromatic carbocycles. The third-order valence-electron chi connectivity index (χ3n) is 2.81. The maximum Gasteiger partial charge on any atom is 0.324 e. The van der Waals surface area contributed by atoms with Crippen LogP contribution in [0.5, 0.6) is 0 Å². The molecule has 0 atom stereocenters. The summed E-state index contributed by atoms with van der Waals surface area (Å²) >= 11 is 3.88. The van der Waals surface area contributed by atoms with Gasteiger partial charge in [0.1, 0.15) is 10.9 Å². The summed E-state index contributed by atoms with van der Waals surface area (Å²) in [6, 6.07) is 9.09. The van der Waals surface area contributed by atoms with E-state index in [2.05, 4.69) is 6.07 Å². The van der Waals surface area contributed by atoms with Crippen LogP contribution in [-0.2, 0) is 0 Å². The maximum atomic E-state index is 10.8. The zero-order valence-corrected chi connectivity index (χ0v) is 12.8. The van der Waals surface area contributed by atoms with E-state index in [0.29, 0.717) is 10.6 Å². The second-order valence-corrected chi connectivity index (χ2v) is 7.06. The largest absolute Gasteiger partial charge is 0.396 e. The minimum Gasteiger partial charge on any atom is -0.396 e. The molecular weight excluding hydrogens is 326 g/mol. The maximum absolute atomic E-state index is 10.8. The van der Waals surface area contributed by atoms with E-state index in [4.69, 9.17) is 5.73 Å². The van der Waals surface area contributed by atoms with Crippen molar-refractivity contribution >= 4 is 44.7 Å². The number of anilines is 1. The van der Waals surface area contributed by atoms with Crippen molar-refractivity contribution in [2.75, 3.05) is 5.73 Å². The van der Waals surface area contributed by atoms with E-state index in [1.54, 1.807) is 6.07 Å². The molecule has 0 unspecified atom stereocenters. The van der Waals surface area contributed by atoms with E-state index in [9.17, 15) is 15.4 Å². The van der Waals surface area contributed by atoms with Crippen LogP contribution in [0.4, 0.5) is 10.7 Å². The lowest BCUT2D eigenvalue weighted by Crippen LogP contribution is -1.87. The van der Waals surface area contributed by atoms with E-state index in [1.807, 2.05) is 17.5 Å². The summed E-state index contributed by atoms with van der Waals surface area (Å²) in [5.74, 6) is 0. The van der Waals surface area contributed by atoms with E-state index in [1.165, 1.54) is 28.7 Å². The van der Waals surface area contributed by atoms with Gasteiger partial charge < -0.3 is 5.73 Å². The lowest BCUT2D eigenvalue weighted by molar-refractivity contribution is -0.380. The Morgan fingerprint density at radius 2 is 2.05 bits per heavy atom. The van der Waals surface area contributed by atoms with Gasteiger partial charge in [-0.15, -0.1) is 22.7 Å². The normalized spacial score (nSPS) is 10.4. The van der Waals surface area contributed by atoms with E-state index >= 15 is 0 Å². The molecule has 0 radical (unpaired) electrons. The number of nitrogens with zero attached hydrogens (tertiary/aromatic N) is 2. The molecule has 2 N–H and O–H groups in total. The Morgan fingerprint density at radius 1 is 1.24 bits per heavy atom. The standard InChI is InChI=1S/C13H7N3O2S3/c14-6-9-12(15)11(7-2-1-5-19-7)13(21-9)8-3-4-10(20-8)16(17)18/h1-5H,15H2. The van der Waals surface area contributed by atoms with Gasteiger partial charge in [-0.05, 0) is 17.5 Å². The van der Waals surface area contributed by atoms with Crippen molar-refractivity contribution in [3.05, 3.63) is 44.6 Å². The van der Waals surface area contributed by atoms with Crippen molar-refractivity contribution in [1.82, 2.24) is 0 Å². The number of hydrogen-bond donors (Lipinski definition) is 1. The molecule has 0 spiro atoms. The van der Waals surface area contributed by atoms with Crippen LogP contribution in [0.3, 0.4) is 0 Å². The quantitative estimate of drug-likeness (QED) is 0.561. The van der Waals surface area contributed by atoms with Gasteiger partial charge in [-0.1, -0.05) is 17.4 Å². The molecule has 0 aliphatic carbocycles. The van der Waals surface area contributed by atoms with E-state index in [0.717, 1.165) is 31.5 Å². The van der Waals surface area contributed by atoms with Gasteiger partial charge in [0.25, 0.3) is 0 Å². The average molecular weight is 333 g/mol. The fourth-order valence-electron chi connectivity index (χ4n) is 1.91. The first-order valence-corrected chi connectivity index (χ1v) is 8.24. The van der Waals surface area contributed by atoms with Gasteiger partial charge in [-0.2, -0.15) is 5.26 Å². The minimum absolute atomic E-state index is 0.0765. The number of rotatable bonds is 3. The molecule has 8 heteroatoms. The van der Waals surface area contributed by atoms with Crippen molar-refractivity contribution in [2.45, 2.75) is 0 Å². The number of nitrogens with two attached hydrogens (primary N) is 1. The fraction of sp³-hybridized carbons (Fsp3) is 0. The Hall–Kier alpha value is -2.21. The molecule has 21 heavy (non-hydrogen) atoms. The molecule has 3 heterocycles. The third kappa shape index (κ3) is 2.31. The molecule has 5 nitrogen and oxygen atoms in total. The van der Waals surface area contributed by atoms with Gasteiger partial charge in [-0.3, -0.25) is 10.1 Å². The number of nitriles is 1. The smallest absolute Gasteiger partial charge is 0.324 e. The zero-order valence-electron chi connectivity index (χ0n) is 10.4. The third-order valence-corrected chi connectivity index (χ3v) is 6.02. The molecule has 0 aliphatic rings. The summed E-state index contributed by atoms with van der Waals surface area (Å²) in [4.78, 5) is 13.4. The predicted octanol–water partition coefficient (Wildman–Crippen LogP) is 4.57. The highest BCUT2D eigenvalue weighted by molar-refractivity contribution is 7.25. The zero-order chi connectivity index (χ0) is 15.0. The van der Waals surface area contributed by atoms with Crippen LogP contribution >= 0.6 is 34.0 Å². The van der Waals surface area contributed by atoms with Crippen molar-refractivity contribution in [3.8, 4) is 26.3 Å². The van der Waals surface area contributed by atoms with Crippen molar-refractivity contribution in [1.29, 1.82) is 5.26 Å². The first kappa shape index (κ1) is 13.8. The first-order valence-electron chi connectivity index (χ1n) is 5.72. The molecule has 0 saturated carbocycles. The summed E-state index contributed by atoms with van der Waals surface area (Å²) in [6.07, 6.45) is 0. The van der Waals surface area contributed by atoms with Gasteiger partial charge in [0, 0.05) is 16.5 Å². The van der Waals surface area contributed by atoms with Crippen molar-refractivity contribution < 1.29 is 4.92 Å². The molecule has 3 aromatic heterocycles. The van der Waals surface area contributed by atoms with Crippen LogP contribution in [0.2, 0.25) is 0 Å². The highest BCUT2D eigenvalue weighted by Gasteiger charge is 2.22. The Kier molecular flexibility index (Phi) is 3.47. The van der Waals surface area contributed by atoms with Crippen molar-refractivity contribution in [3.63, 3.8) is 0 Å². The Balaban J connectivity index is 2.22. The van der Waals surface area contributed by atoms with Gasteiger partial charge >= 0.3 is 5.00 Å². The fourth-order valence-corrected chi connectivity index (χ4v) is 4.74. The molecule has 0 amide bonds. The molecule has 0 aliphatic heterocycles.